The van der Waals surface area contributed by atoms with Crippen LogP contribution in [0.15, 0.2) is 110 Å². The molecular formula is C34H30Br2N2SZr. The third-order valence-corrected chi connectivity index (χ3v) is 23.4. The summed E-state index contributed by atoms with van der Waals surface area (Å²) in [6, 6.07) is 31.8. The minimum atomic E-state index is -3.79. The zero-order valence-electron chi connectivity index (χ0n) is 23.0. The Morgan fingerprint density at radius 2 is 1.00 bits per heavy atom. The molecule has 0 aromatic heterocycles. The second kappa shape index (κ2) is 10.3. The number of halogens is 2. The van der Waals surface area contributed by atoms with Gasteiger partial charge in [-0.05, 0) is 0 Å². The number of fused-ring (bicyclic) bond motifs is 2. The maximum absolute atomic E-state index is 4.07. The summed E-state index contributed by atoms with van der Waals surface area (Å²) in [6.45, 7) is 0. The van der Waals surface area contributed by atoms with Gasteiger partial charge in [0.2, 0.25) is 0 Å². The first-order chi connectivity index (χ1) is 19.3. The standard InChI is InChI=1S/C30H18Br2S.2C2H6N.Zr/c31-27-17-23(15-21-11-13-25(29(21)27)19-7-3-1-4-8-19)33-24-16-22-12-14-26(30(22)28(32)18-24)20-9-5-2-6-10-20;2*1-3-2;/h1-12,15-18,25-26H;2*1-2H3;/q;2*-1;+2. The van der Waals surface area contributed by atoms with Crippen molar-refractivity contribution in [1.82, 2.24) is 5.69 Å². The van der Waals surface area contributed by atoms with E-state index < -0.39 is 20.8 Å². The second-order valence-corrected chi connectivity index (χ2v) is 24.7. The molecule has 3 aliphatic rings. The van der Waals surface area contributed by atoms with Crippen molar-refractivity contribution in [2.45, 2.75) is 21.6 Å². The van der Waals surface area contributed by atoms with Crippen LogP contribution in [0.2, 0.25) is 0 Å². The topological polar surface area (TPSA) is 6.48 Å². The molecule has 2 unspecified atom stereocenters. The molecule has 6 heteroatoms. The van der Waals surface area contributed by atoms with Crippen LogP contribution in [-0.2, 0) is 20.8 Å². The molecule has 0 saturated heterocycles. The van der Waals surface area contributed by atoms with Gasteiger partial charge in [-0.3, -0.25) is 0 Å². The number of benzene rings is 4. The Bertz CT molecular complexity index is 1590. The van der Waals surface area contributed by atoms with Crippen molar-refractivity contribution < 1.29 is 20.8 Å². The first kappa shape index (κ1) is 27.3. The molecule has 4 aromatic rings. The van der Waals surface area contributed by atoms with Crippen LogP contribution in [0, 0.1) is 0 Å². The summed E-state index contributed by atoms with van der Waals surface area (Å²) in [4.78, 5) is 2.53. The molecule has 6 bridgehead atoms. The molecule has 4 aromatic carbocycles. The molecule has 40 heavy (non-hydrogen) atoms. The zero-order chi connectivity index (χ0) is 27.8. The van der Waals surface area contributed by atoms with Crippen molar-refractivity contribution in [2.75, 3.05) is 28.2 Å². The van der Waals surface area contributed by atoms with Crippen LogP contribution in [0.25, 0.3) is 12.2 Å². The maximum atomic E-state index is 4.07. The Balaban J connectivity index is 1.62. The molecule has 0 spiro atoms. The fourth-order valence-electron chi connectivity index (χ4n) is 7.33. The van der Waals surface area contributed by atoms with Gasteiger partial charge in [0.05, 0.1) is 0 Å². The molecule has 7 rings (SSSR count). The average molecular weight is 750 g/mol. The molecular weight excluding hydrogens is 719 g/mol. The third kappa shape index (κ3) is 4.05. The molecule has 0 amide bonds. The van der Waals surface area contributed by atoms with Gasteiger partial charge in [-0.15, -0.1) is 0 Å². The minimum absolute atomic E-state index is 0.199. The van der Waals surface area contributed by atoms with Crippen molar-refractivity contribution in [3.63, 3.8) is 0 Å². The zero-order valence-corrected chi connectivity index (χ0v) is 29.4. The summed E-state index contributed by atoms with van der Waals surface area (Å²) in [5.41, 5.74) is 8.22. The van der Waals surface area contributed by atoms with Crippen molar-refractivity contribution in [3.8, 4) is 0 Å². The molecule has 0 radical (unpaired) electrons. The summed E-state index contributed by atoms with van der Waals surface area (Å²) in [6.07, 6.45) is 5.15. The Labute approximate surface area is 263 Å². The van der Waals surface area contributed by atoms with Crippen LogP contribution in [0.1, 0.15) is 45.2 Å². The summed E-state index contributed by atoms with van der Waals surface area (Å²) in [7, 11) is 9.32. The van der Waals surface area contributed by atoms with Gasteiger partial charge >= 0.3 is 266 Å². The monoisotopic (exact) mass is 746 g/mol. The predicted octanol–water partition coefficient (Wildman–Crippen LogP) is 9.46. The van der Waals surface area contributed by atoms with E-state index in [1.165, 1.54) is 52.1 Å². The first-order valence-electron chi connectivity index (χ1n) is 13.5. The van der Waals surface area contributed by atoms with Crippen molar-refractivity contribution in [2.24, 2.45) is 0 Å². The van der Waals surface area contributed by atoms with Crippen LogP contribution in [0.5, 0.6) is 0 Å². The average Bonchev–Trinajstić information content (AvgIpc) is 3.50. The van der Waals surface area contributed by atoms with Gasteiger partial charge in [-0.25, -0.2) is 0 Å². The van der Waals surface area contributed by atoms with E-state index in [2.05, 4.69) is 163 Å². The van der Waals surface area contributed by atoms with Crippen LogP contribution in [0.3, 0.4) is 0 Å². The second-order valence-electron chi connectivity index (χ2n) is 11.3. The molecule has 1 aliphatic heterocycles. The molecule has 0 N–H and O–H groups in total. The van der Waals surface area contributed by atoms with E-state index in [9.17, 15) is 0 Å². The third-order valence-electron chi connectivity index (χ3n) is 8.69. The van der Waals surface area contributed by atoms with E-state index in [0.29, 0.717) is 0 Å². The number of allylic oxidation sites excluding steroid dienone is 2. The van der Waals surface area contributed by atoms with Gasteiger partial charge in [0.15, 0.2) is 0 Å². The SMILES string of the molecule is C[N](C)[Zr]1([N](C)C)[C]2=Cc3cc(cc(Br)c3C2c2ccccc2)Sc2cc(Br)c3c(c2)C=[C]1C3c1ccccc1. The normalized spacial score (nSPS) is 20.1. The van der Waals surface area contributed by atoms with Crippen molar-refractivity contribution in [3.05, 3.63) is 134 Å². The quantitative estimate of drug-likeness (QED) is 0.205. The molecule has 2 nitrogen and oxygen atoms in total. The van der Waals surface area contributed by atoms with Gasteiger partial charge in [-0.2, -0.15) is 0 Å². The van der Waals surface area contributed by atoms with Gasteiger partial charge in [0.25, 0.3) is 0 Å². The van der Waals surface area contributed by atoms with Crippen LogP contribution < -0.4 is 0 Å². The fourth-order valence-corrected chi connectivity index (χ4v) is 23.2. The van der Waals surface area contributed by atoms with Crippen LogP contribution in [0.4, 0.5) is 0 Å². The van der Waals surface area contributed by atoms with Crippen LogP contribution >= 0.6 is 43.6 Å². The van der Waals surface area contributed by atoms with Gasteiger partial charge in [0, 0.05) is 0 Å². The molecule has 1 heterocycles. The molecule has 200 valence electrons. The van der Waals surface area contributed by atoms with E-state index in [-0.39, 0.29) is 11.8 Å². The van der Waals surface area contributed by atoms with Crippen LogP contribution in [-0.4, -0.2) is 33.9 Å². The Morgan fingerprint density at radius 3 is 1.38 bits per heavy atom. The van der Waals surface area contributed by atoms with Gasteiger partial charge < -0.3 is 0 Å². The number of hydrogen-bond acceptors (Lipinski definition) is 3. The Hall–Kier alpha value is -1.53. The van der Waals surface area contributed by atoms with Crippen molar-refractivity contribution >= 4 is 55.8 Å². The first-order valence-corrected chi connectivity index (χ1v) is 20.6. The summed E-state index contributed by atoms with van der Waals surface area (Å²) >= 11 is 6.19. The van der Waals surface area contributed by atoms with E-state index in [4.69, 9.17) is 0 Å². The molecule has 2 aliphatic carbocycles. The Kier molecular flexibility index (Phi) is 7.05. The van der Waals surface area contributed by atoms with E-state index in [1.54, 1.807) is 6.56 Å². The number of rotatable bonds is 4. The number of nitrogens with zero attached hydrogens (tertiary/aromatic N) is 2. The molecule has 2 atom stereocenters. The predicted molar refractivity (Wildman–Crippen MR) is 172 cm³/mol. The Morgan fingerprint density at radius 1 is 0.600 bits per heavy atom. The van der Waals surface area contributed by atoms with Gasteiger partial charge in [0.1, 0.15) is 0 Å². The summed E-state index contributed by atoms with van der Waals surface area (Å²) < 4.78 is 10.8. The molecule has 0 fully saturated rings. The molecule has 0 saturated carbocycles. The van der Waals surface area contributed by atoms with E-state index >= 15 is 0 Å². The summed E-state index contributed by atoms with van der Waals surface area (Å²) in [5.74, 6) is 0.398. The van der Waals surface area contributed by atoms with E-state index in [0.717, 1.165) is 0 Å². The van der Waals surface area contributed by atoms with Gasteiger partial charge in [-0.1, -0.05) is 0 Å². The summed E-state index contributed by atoms with van der Waals surface area (Å²) in [5, 5.41) is 0. The fraction of sp³-hybridized carbons (Fsp3) is 0.176. The number of hydrogen-bond donors (Lipinski definition) is 0. The van der Waals surface area contributed by atoms with E-state index in [1.807, 2.05) is 11.8 Å². The van der Waals surface area contributed by atoms with Crippen molar-refractivity contribution in [1.29, 1.82) is 0 Å².